The Kier molecular flexibility index (Phi) is 1.74. The van der Waals surface area contributed by atoms with E-state index in [1.54, 1.807) is 0 Å². The summed E-state index contributed by atoms with van der Waals surface area (Å²) >= 11 is 0. The van der Waals surface area contributed by atoms with Crippen LogP contribution in [0.25, 0.3) is 0 Å². The molecule has 1 aromatic rings. The lowest BCUT2D eigenvalue weighted by Crippen LogP contribution is -2.16. The minimum absolute atomic E-state index is 0.806. The van der Waals surface area contributed by atoms with Gasteiger partial charge in [0.25, 0.3) is 0 Å². The number of hydrogen-bond donors (Lipinski definition) is 0. The summed E-state index contributed by atoms with van der Waals surface area (Å²) in [6.45, 7) is 0. The van der Waals surface area contributed by atoms with E-state index in [0.717, 1.165) is 12.4 Å². The van der Waals surface area contributed by atoms with Gasteiger partial charge in [0.2, 0.25) is 0 Å². The minimum Gasteiger partial charge on any atom is -0.242 e. The van der Waals surface area contributed by atoms with Crippen molar-refractivity contribution in [2.24, 2.45) is 0 Å². The van der Waals surface area contributed by atoms with E-state index in [0.29, 0.717) is 0 Å². The maximum absolute atomic E-state index is 10.3. The van der Waals surface area contributed by atoms with E-state index in [9.17, 15) is 9.59 Å². The molecule has 6 heteroatoms. The van der Waals surface area contributed by atoms with Crippen molar-refractivity contribution in [2.75, 3.05) is 0 Å². The van der Waals surface area contributed by atoms with Crippen LogP contribution in [0.5, 0.6) is 0 Å². The molecular formula is C4H2N4O2. The molecule has 0 aliphatic heterocycles. The third kappa shape index (κ3) is 1.66. The van der Waals surface area contributed by atoms with Gasteiger partial charge in [-0.2, -0.15) is 9.97 Å². The molecule has 0 unspecified atom stereocenters. The summed E-state index contributed by atoms with van der Waals surface area (Å²) in [4.78, 5) is 27.0. The first-order valence-corrected chi connectivity index (χ1v) is 2.35. The second-order valence-electron chi connectivity index (χ2n) is 1.32. The normalized spacial score (nSPS) is 8.80. The molecule has 0 aromatic carbocycles. The highest BCUT2D eigenvalue weighted by atomic mass is 16.2. The molecule has 0 saturated heterocycles. The van der Waals surface area contributed by atoms with Crippen molar-refractivity contribution in [3.05, 3.63) is 33.4 Å². The van der Waals surface area contributed by atoms with Gasteiger partial charge in [-0.1, -0.05) is 10.2 Å². The van der Waals surface area contributed by atoms with Crippen LogP contribution < -0.4 is 11.4 Å². The quantitative estimate of drug-likeness (QED) is 0.411. The Morgan fingerprint density at radius 1 is 0.900 bits per heavy atom. The number of nitrogens with zero attached hydrogens (tertiary/aromatic N) is 4. The fraction of sp³-hybridized carbons (Fsp3) is 0. The Labute approximate surface area is 54.6 Å². The van der Waals surface area contributed by atoms with Crippen LogP contribution in [0.3, 0.4) is 0 Å². The van der Waals surface area contributed by atoms with Crippen LogP contribution in [-0.4, -0.2) is 20.2 Å². The van der Waals surface area contributed by atoms with E-state index >= 15 is 0 Å². The molecular weight excluding hydrogens is 136 g/mol. The van der Waals surface area contributed by atoms with Crippen LogP contribution in [0.4, 0.5) is 0 Å². The van der Waals surface area contributed by atoms with Crippen LogP contribution in [0.1, 0.15) is 0 Å². The van der Waals surface area contributed by atoms with E-state index in [4.69, 9.17) is 0 Å². The van der Waals surface area contributed by atoms with E-state index in [1.807, 2.05) is 0 Å². The van der Waals surface area contributed by atoms with Gasteiger partial charge in [-0.3, -0.25) is 0 Å². The van der Waals surface area contributed by atoms with Gasteiger partial charge in [-0.25, -0.2) is 9.59 Å². The molecule has 0 radical (unpaired) electrons. The number of aromatic nitrogens is 4. The maximum atomic E-state index is 10.3. The average Bonchev–Trinajstić information content (AvgIpc) is 1.90. The van der Waals surface area contributed by atoms with Crippen molar-refractivity contribution < 1.29 is 0 Å². The molecule has 50 valence electrons. The molecule has 0 spiro atoms. The molecule has 0 amide bonds. The Hall–Kier alpha value is -1.72. The lowest BCUT2D eigenvalue weighted by molar-refractivity contribution is 0.879. The first kappa shape index (κ1) is 6.40. The van der Waals surface area contributed by atoms with E-state index in [1.165, 1.54) is 0 Å². The molecule has 0 atom stereocenters. The van der Waals surface area contributed by atoms with Gasteiger partial charge in [0.1, 0.15) is 0 Å². The van der Waals surface area contributed by atoms with Gasteiger partial charge in [-0.15, -0.1) is 0 Å². The van der Waals surface area contributed by atoms with Crippen molar-refractivity contribution in [1.29, 1.82) is 0 Å². The average molecular weight is 138 g/mol. The molecule has 1 aromatic heterocycles. The first-order valence-electron chi connectivity index (χ1n) is 2.35. The van der Waals surface area contributed by atoms with E-state index in [-0.39, 0.29) is 0 Å². The monoisotopic (exact) mass is 138 g/mol. The standard InChI is InChI=1S/C4H2N4O2/c9-3-5-1-2-6-4(10)8-7-3/h1-2H. The predicted octanol–water partition coefficient (Wildman–Crippen LogP) is -2.01. The predicted molar refractivity (Wildman–Crippen MR) is 30.2 cm³/mol. The van der Waals surface area contributed by atoms with Crippen LogP contribution in [0.2, 0.25) is 0 Å². The van der Waals surface area contributed by atoms with E-state index < -0.39 is 11.4 Å². The molecule has 1 heterocycles. The lowest BCUT2D eigenvalue weighted by Gasteiger charge is -1.68. The van der Waals surface area contributed by atoms with Crippen LogP contribution in [-0.2, 0) is 0 Å². The fourth-order valence-corrected chi connectivity index (χ4v) is 0.331. The van der Waals surface area contributed by atoms with Gasteiger partial charge in [0.05, 0.1) is 12.4 Å². The molecule has 0 bridgehead atoms. The van der Waals surface area contributed by atoms with Crippen LogP contribution in [0, 0.1) is 0 Å². The Morgan fingerprint density at radius 2 is 1.30 bits per heavy atom. The van der Waals surface area contributed by atoms with E-state index in [2.05, 4.69) is 20.2 Å². The third-order valence-corrected chi connectivity index (χ3v) is 0.658. The topological polar surface area (TPSA) is 85.7 Å². The van der Waals surface area contributed by atoms with Crippen molar-refractivity contribution >= 4 is 0 Å². The summed E-state index contributed by atoms with van der Waals surface area (Å²) in [5.74, 6) is 0. The zero-order valence-corrected chi connectivity index (χ0v) is 4.76. The zero-order valence-electron chi connectivity index (χ0n) is 4.76. The molecule has 0 aliphatic carbocycles. The smallest absolute Gasteiger partial charge is 0.242 e. The highest BCUT2D eigenvalue weighted by Crippen LogP contribution is 1.50. The number of rotatable bonds is 0. The van der Waals surface area contributed by atoms with Crippen molar-refractivity contribution in [3.8, 4) is 0 Å². The second-order valence-corrected chi connectivity index (χ2v) is 1.32. The Balaban J connectivity index is 3.44. The van der Waals surface area contributed by atoms with Crippen LogP contribution >= 0.6 is 0 Å². The van der Waals surface area contributed by atoms with Gasteiger partial charge < -0.3 is 0 Å². The summed E-state index contributed by atoms with van der Waals surface area (Å²) < 4.78 is 0. The first-order chi connectivity index (χ1) is 4.79. The van der Waals surface area contributed by atoms with Gasteiger partial charge in [-0.05, 0) is 0 Å². The van der Waals surface area contributed by atoms with Crippen molar-refractivity contribution in [3.63, 3.8) is 0 Å². The fourth-order valence-electron chi connectivity index (χ4n) is 0.331. The van der Waals surface area contributed by atoms with Crippen molar-refractivity contribution in [1.82, 2.24) is 20.2 Å². The van der Waals surface area contributed by atoms with Gasteiger partial charge in [0.15, 0.2) is 0 Å². The zero-order chi connectivity index (χ0) is 7.40. The second kappa shape index (κ2) is 2.72. The molecule has 1 rings (SSSR count). The highest BCUT2D eigenvalue weighted by Gasteiger charge is 1.80. The molecule has 0 N–H and O–H groups in total. The molecule has 0 fully saturated rings. The van der Waals surface area contributed by atoms with Gasteiger partial charge in [0, 0.05) is 0 Å². The molecule has 6 nitrogen and oxygen atoms in total. The largest absolute Gasteiger partial charge is 0.385 e. The maximum Gasteiger partial charge on any atom is 0.385 e. The third-order valence-electron chi connectivity index (χ3n) is 0.658. The summed E-state index contributed by atoms with van der Waals surface area (Å²) in [5, 5.41) is 5.78. The number of hydrogen-bond acceptors (Lipinski definition) is 6. The Morgan fingerprint density at radius 3 is 1.70 bits per heavy atom. The highest BCUT2D eigenvalue weighted by molar-refractivity contribution is 4.62. The lowest BCUT2D eigenvalue weighted by atomic mass is 10.9. The molecule has 0 aliphatic rings. The molecule has 10 heavy (non-hydrogen) atoms. The summed E-state index contributed by atoms with van der Waals surface area (Å²) in [6, 6.07) is 0. The molecule has 0 saturated carbocycles. The SMILES string of the molecule is O=c1nccnc(=O)nn1. The summed E-state index contributed by atoms with van der Waals surface area (Å²) in [7, 11) is 0. The van der Waals surface area contributed by atoms with Crippen LogP contribution in [0.15, 0.2) is 22.0 Å². The minimum atomic E-state index is -0.806. The Bertz CT molecular complexity index is 304. The van der Waals surface area contributed by atoms with Gasteiger partial charge >= 0.3 is 11.4 Å². The summed E-state index contributed by atoms with van der Waals surface area (Å²) in [5.41, 5.74) is -1.61. The van der Waals surface area contributed by atoms with Crippen molar-refractivity contribution in [2.45, 2.75) is 0 Å². The summed E-state index contributed by atoms with van der Waals surface area (Å²) in [6.07, 6.45) is 2.16.